The highest BCUT2D eigenvalue weighted by Gasteiger charge is 2.42. The van der Waals surface area contributed by atoms with E-state index in [4.69, 9.17) is 28.5 Å². The molecule has 0 saturated heterocycles. The van der Waals surface area contributed by atoms with Crippen molar-refractivity contribution in [3.63, 3.8) is 0 Å². The molecule has 1 saturated carbocycles. The standard InChI is InChI=1S/C12H10Cl2N4S/c13-7-5-8(14)10-11(18-19-17-10)9(7)16-6-12(1-2-12)3-4-15/h5,16H,1-3,6H2. The second-order valence-electron chi connectivity index (χ2n) is 4.87. The zero-order valence-electron chi connectivity index (χ0n) is 9.91. The number of nitrogens with zero attached hydrogens (tertiary/aromatic N) is 3. The van der Waals surface area contributed by atoms with Crippen molar-refractivity contribution in [1.82, 2.24) is 8.75 Å². The van der Waals surface area contributed by atoms with Crippen LogP contribution in [0.4, 0.5) is 5.69 Å². The number of hydrogen-bond donors (Lipinski definition) is 1. The van der Waals surface area contributed by atoms with Gasteiger partial charge in [0, 0.05) is 18.4 Å². The Hall–Kier alpha value is -1.09. The fourth-order valence-electron chi connectivity index (χ4n) is 2.08. The minimum atomic E-state index is 0.105. The molecule has 3 rings (SSSR count). The maximum atomic E-state index is 8.83. The lowest BCUT2D eigenvalue weighted by molar-refractivity contribution is 0.557. The molecule has 1 heterocycles. The van der Waals surface area contributed by atoms with Crippen molar-refractivity contribution in [2.24, 2.45) is 5.41 Å². The van der Waals surface area contributed by atoms with Crippen LogP contribution in [0.3, 0.4) is 0 Å². The zero-order chi connectivity index (χ0) is 13.5. The first-order valence-corrected chi connectivity index (χ1v) is 7.35. The van der Waals surface area contributed by atoms with Gasteiger partial charge in [-0.15, -0.1) is 0 Å². The summed E-state index contributed by atoms with van der Waals surface area (Å²) in [5, 5.41) is 13.2. The van der Waals surface area contributed by atoms with Gasteiger partial charge in [0.2, 0.25) is 0 Å². The van der Waals surface area contributed by atoms with Crippen LogP contribution in [0.5, 0.6) is 0 Å². The van der Waals surface area contributed by atoms with Gasteiger partial charge in [-0.25, -0.2) is 0 Å². The van der Waals surface area contributed by atoms with Gasteiger partial charge in [0.15, 0.2) is 0 Å². The minimum absolute atomic E-state index is 0.105. The van der Waals surface area contributed by atoms with E-state index >= 15 is 0 Å². The second-order valence-corrected chi connectivity index (χ2v) is 6.21. The van der Waals surface area contributed by atoms with Gasteiger partial charge in [-0.05, 0) is 18.9 Å². The Morgan fingerprint density at radius 3 is 2.74 bits per heavy atom. The Labute approximate surface area is 124 Å². The molecule has 0 atom stereocenters. The first-order valence-electron chi connectivity index (χ1n) is 5.86. The smallest absolute Gasteiger partial charge is 0.130 e. The molecule has 1 N–H and O–H groups in total. The van der Waals surface area contributed by atoms with Crippen molar-refractivity contribution in [1.29, 1.82) is 5.26 Å². The molecule has 98 valence electrons. The van der Waals surface area contributed by atoms with Crippen LogP contribution in [0.2, 0.25) is 10.0 Å². The molecule has 4 nitrogen and oxygen atoms in total. The molecule has 1 aliphatic carbocycles. The third-order valence-electron chi connectivity index (χ3n) is 3.50. The molecule has 0 unspecified atom stereocenters. The van der Waals surface area contributed by atoms with E-state index in [9.17, 15) is 0 Å². The summed E-state index contributed by atoms with van der Waals surface area (Å²) < 4.78 is 8.41. The van der Waals surface area contributed by atoms with Crippen LogP contribution in [0.15, 0.2) is 6.07 Å². The van der Waals surface area contributed by atoms with Gasteiger partial charge in [0.25, 0.3) is 0 Å². The summed E-state index contributed by atoms with van der Waals surface area (Å²) in [7, 11) is 0. The largest absolute Gasteiger partial charge is 0.381 e. The van der Waals surface area contributed by atoms with Gasteiger partial charge >= 0.3 is 0 Å². The quantitative estimate of drug-likeness (QED) is 0.923. The summed E-state index contributed by atoms with van der Waals surface area (Å²) in [6, 6.07) is 3.92. The number of nitriles is 1. The van der Waals surface area contributed by atoms with Crippen molar-refractivity contribution < 1.29 is 0 Å². The fraction of sp³-hybridized carbons (Fsp3) is 0.417. The number of halogens is 2. The fourth-order valence-corrected chi connectivity index (χ4v) is 3.26. The lowest BCUT2D eigenvalue weighted by Gasteiger charge is -2.15. The van der Waals surface area contributed by atoms with Crippen LogP contribution >= 0.6 is 34.9 Å². The molecule has 0 amide bonds. The van der Waals surface area contributed by atoms with Crippen molar-refractivity contribution in [2.45, 2.75) is 19.3 Å². The predicted octanol–water partition coefficient (Wildman–Crippen LogP) is 4.10. The van der Waals surface area contributed by atoms with Crippen molar-refractivity contribution in [2.75, 3.05) is 11.9 Å². The number of rotatable bonds is 4. The maximum absolute atomic E-state index is 8.83. The van der Waals surface area contributed by atoms with Crippen LogP contribution in [0.1, 0.15) is 19.3 Å². The number of fused-ring (bicyclic) bond motifs is 1. The number of hydrogen-bond acceptors (Lipinski definition) is 5. The SMILES string of the molecule is N#CCC1(CNc2c(Cl)cc(Cl)c3nsnc23)CC1. The van der Waals surface area contributed by atoms with Crippen LogP contribution in [0, 0.1) is 16.7 Å². The number of nitrogens with one attached hydrogen (secondary N) is 1. The van der Waals surface area contributed by atoms with Crippen molar-refractivity contribution >= 4 is 51.7 Å². The number of aromatic nitrogens is 2. The molecule has 0 aliphatic heterocycles. The molecule has 0 spiro atoms. The van der Waals surface area contributed by atoms with Gasteiger partial charge < -0.3 is 5.32 Å². The molecule has 1 aromatic heterocycles. The van der Waals surface area contributed by atoms with E-state index in [-0.39, 0.29) is 5.41 Å². The van der Waals surface area contributed by atoms with E-state index < -0.39 is 0 Å². The van der Waals surface area contributed by atoms with Crippen LogP contribution < -0.4 is 5.32 Å². The second kappa shape index (κ2) is 4.78. The minimum Gasteiger partial charge on any atom is -0.381 e. The summed E-state index contributed by atoms with van der Waals surface area (Å²) in [5.41, 5.74) is 2.24. The zero-order valence-corrected chi connectivity index (χ0v) is 12.2. The monoisotopic (exact) mass is 312 g/mol. The van der Waals surface area contributed by atoms with Gasteiger partial charge in [-0.2, -0.15) is 14.0 Å². The van der Waals surface area contributed by atoms with E-state index in [2.05, 4.69) is 20.1 Å². The third-order valence-corrected chi connectivity index (χ3v) is 4.61. The lowest BCUT2D eigenvalue weighted by Crippen LogP contribution is -2.15. The van der Waals surface area contributed by atoms with Crippen LogP contribution in [-0.2, 0) is 0 Å². The van der Waals surface area contributed by atoms with E-state index in [0.29, 0.717) is 27.5 Å². The molecule has 1 aliphatic rings. The molecule has 0 bridgehead atoms. The Balaban J connectivity index is 1.89. The van der Waals surface area contributed by atoms with Gasteiger partial charge in [0.1, 0.15) is 11.0 Å². The predicted molar refractivity (Wildman–Crippen MR) is 77.8 cm³/mol. The van der Waals surface area contributed by atoms with Crippen LogP contribution in [-0.4, -0.2) is 15.3 Å². The molecule has 19 heavy (non-hydrogen) atoms. The lowest BCUT2D eigenvalue weighted by atomic mass is 10.0. The Bertz CT molecular complexity index is 672. The highest BCUT2D eigenvalue weighted by atomic mass is 35.5. The van der Waals surface area contributed by atoms with E-state index in [0.717, 1.165) is 36.8 Å². The molecule has 7 heteroatoms. The van der Waals surface area contributed by atoms with E-state index in [1.54, 1.807) is 6.07 Å². The maximum Gasteiger partial charge on any atom is 0.130 e. The van der Waals surface area contributed by atoms with Gasteiger partial charge in [-0.3, -0.25) is 0 Å². The normalized spacial score (nSPS) is 16.3. The highest BCUT2D eigenvalue weighted by molar-refractivity contribution is 7.00. The summed E-state index contributed by atoms with van der Waals surface area (Å²) in [5.74, 6) is 0. The van der Waals surface area contributed by atoms with Crippen molar-refractivity contribution in [3.8, 4) is 6.07 Å². The van der Waals surface area contributed by atoms with Gasteiger partial charge in [0.05, 0.1) is 33.5 Å². The Kier molecular flexibility index (Phi) is 3.25. The molecular formula is C12H10Cl2N4S. The Morgan fingerprint density at radius 2 is 2.05 bits per heavy atom. The van der Waals surface area contributed by atoms with Crippen molar-refractivity contribution in [3.05, 3.63) is 16.1 Å². The topological polar surface area (TPSA) is 61.6 Å². The summed E-state index contributed by atoms with van der Waals surface area (Å²) in [4.78, 5) is 0. The highest BCUT2D eigenvalue weighted by Crippen LogP contribution is 2.49. The van der Waals surface area contributed by atoms with Crippen LogP contribution in [0.25, 0.3) is 11.0 Å². The van der Waals surface area contributed by atoms with E-state index in [1.807, 2.05) is 0 Å². The molecule has 0 radical (unpaired) electrons. The number of benzene rings is 1. The summed E-state index contributed by atoms with van der Waals surface area (Å²) in [6.45, 7) is 0.731. The first kappa shape index (κ1) is 12.9. The average Bonchev–Trinajstić information content (AvgIpc) is 2.95. The average molecular weight is 313 g/mol. The van der Waals surface area contributed by atoms with Gasteiger partial charge in [-0.1, -0.05) is 23.2 Å². The first-order chi connectivity index (χ1) is 9.15. The Morgan fingerprint density at radius 1 is 1.32 bits per heavy atom. The molecular weight excluding hydrogens is 303 g/mol. The molecule has 1 fully saturated rings. The van der Waals surface area contributed by atoms with E-state index in [1.165, 1.54) is 0 Å². The summed E-state index contributed by atoms with van der Waals surface area (Å²) >= 11 is 13.4. The summed E-state index contributed by atoms with van der Waals surface area (Å²) in [6.07, 6.45) is 2.73. The molecule has 1 aromatic carbocycles. The third kappa shape index (κ3) is 2.36. The number of anilines is 1. The molecule has 2 aromatic rings.